The van der Waals surface area contributed by atoms with E-state index in [1.54, 1.807) is 0 Å². The number of nitrogens with zero attached hydrogens (tertiary/aromatic N) is 4. The van der Waals surface area contributed by atoms with Crippen molar-refractivity contribution < 1.29 is 8.78 Å². The van der Waals surface area contributed by atoms with Crippen molar-refractivity contribution in [3.63, 3.8) is 0 Å². The second-order valence-corrected chi connectivity index (χ2v) is 4.22. The Hall–Kier alpha value is -1.57. The average molecular weight is 244 g/mol. The maximum absolute atomic E-state index is 12.9. The molecule has 0 bridgehead atoms. The number of aromatic nitrogens is 4. The Labute approximate surface area is 93.9 Å². The van der Waals surface area contributed by atoms with Crippen LogP contribution in [0.25, 0.3) is 5.73 Å². The molecule has 0 atom stereocenters. The van der Waals surface area contributed by atoms with Gasteiger partial charge >= 0.3 is 0 Å². The molecule has 0 fully saturated rings. The normalized spacial score (nSPS) is 11.9. The minimum Gasteiger partial charge on any atom is -0.480 e. The summed E-state index contributed by atoms with van der Waals surface area (Å²) in [6.45, 7) is 1.01. The largest absolute Gasteiger partial charge is 0.480 e. The molecule has 0 spiro atoms. The van der Waals surface area contributed by atoms with E-state index < -0.39 is 5.92 Å². The minimum atomic E-state index is -2.92. The van der Waals surface area contributed by atoms with Gasteiger partial charge in [0.25, 0.3) is 5.92 Å². The predicted octanol–water partition coefficient (Wildman–Crippen LogP) is 2.58. The van der Waals surface area contributed by atoms with Crippen LogP contribution in [0.4, 0.5) is 14.6 Å². The van der Waals surface area contributed by atoms with E-state index in [2.05, 4.69) is 15.2 Å². The molecule has 0 saturated carbocycles. The SMILES string of the molecule is CC(F)(F)c1csc(Cn2ncc([NH-])n2)n1. The van der Waals surface area contributed by atoms with E-state index in [1.165, 1.54) is 16.4 Å². The van der Waals surface area contributed by atoms with Gasteiger partial charge in [0.05, 0.1) is 6.54 Å². The summed E-state index contributed by atoms with van der Waals surface area (Å²) in [4.78, 5) is 5.04. The van der Waals surface area contributed by atoms with E-state index in [0.717, 1.165) is 18.3 Å². The molecular weight excluding hydrogens is 236 g/mol. The summed E-state index contributed by atoms with van der Waals surface area (Å²) < 4.78 is 25.8. The minimum absolute atomic E-state index is 0.0394. The lowest BCUT2D eigenvalue weighted by atomic mass is 10.3. The molecule has 0 unspecified atom stereocenters. The van der Waals surface area contributed by atoms with Gasteiger partial charge in [-0.05, 0) is 5.82 Å². The first-order valence-corrected chi connectivity index (χ1v) is 5.27. The summed E-state index contributed by atoms with van der Waals surface area (Å²) in [6, 6.07) is 0. The molecule has 2 aromatic rings. The Balaban J connectivity index is 2.14. The van der Waals surface area contributed by atoms with Crippen molar-refractivity contribution in [3.8, 4) is 0 Å². The lowest BCUT2D eigenvalue weighted by Crippen LogP contribution is -2.08. The maximum atomic E-state index is 12.9. The van der Waals surface area contributed by atoms with Crippen LogP contribution in [0.1, 0.15) is 17.6 Å². The van der Waals surface area contributed by atoms with E-state index in [1.807, 2.05) is 0 Å². The third-order valence-electron chi connectivity index (χ3n) is 1.81. The number of hydrogen-bond donors (Lipinski definition) is 0. The zero-order valence-electron chi connectivity index (χ0n) is 8.31. The molecule has 8 heteroatoms. The molecule has 0 saturated heterocycles. The van der Waals surface area contributed by atoms with Gasteiger partial charge in [0, 0.05) is 18.5 Å². The van der Waals surface area contributed by atoms with Crippen LogP contribution in [0.5, 0.6) is 0 Å². The van der Waals surface area contributed by atoms with E-state index in [-0.39, 0.29) is 18.1 Å². The van der Waals surface area contributed by atoms with Crippen LogP contribution in [0.15, 0.2) is 11.6 Å². The van der Waals surface area contributed by atoms with Crippen LogP contribution in [-0.2, 0) is 12.5 Å². The topological polar surface area (TPSA) is 67.4 Å². The molecule has 0 radical (unpaired) electrons. The molecule has 0 aliphatic carbocycles. The van der Waals surface area contributed by atoms with E-state index in [0.29, 0.717) is 5.01 Å². The average Bonchev–Trinajstić information content (AvgIpc) is 2.74. The fraction of sp³-hybridized carbons (Fsp3) is 0.375. The summed E-state index contributed by atoms with van der Waals surface area (Å²) in [6.07, 6.45) is 1.28. The summed E-state index contributed by atoms with van der Waals surface area (Å²) in [7, 11) is 0. The number of thiazole rings is 1. The first-order valence-electron chi connectivity index (χ1n) is 4.39. The van der Waals surface area contributed by atoms with Crippen molar-refractivity contribution in [2.45, 2.75) is 19.4 Å². The Morgan fingerprint density at radius 3 is 2.81 bits per heavy atom. The Morgan fingerprint density at radius 2 is 2.31 bits per heavy atom. The van der Waals surface area contributed by atoms with Crippen molar-refractivity contribution in [1.29, 1.82) is 0 Å². The van der Waals surface area contributed by atoms with Gasteiger partial charge in [0.15, 0.2) is 0 Å². The maximum Gasteiger partial charge on any atom is 0.287 e. The van der Waals surface area contributed by atoms with Crippen molar-refractivity contribution in [2.75, 3.05) is 0 Å². The molecule has 2 heterocycles. The highest BCUT2D eigenvalue weighted by atomic mass is 32.1. The van der Waals surface area contributed by atoms with E-state index in [4.69, 9.17) is 5.73 Å². The number of nitrogens with one attached hydrogen (secondary N) is 1. The highest BCUT2D eigenvalue weighted by Gasteiger charge is 2.27. The van der Waals surface area contributed by atoms with Crippen LogP contribution in [0, 0.1) is 0 Å². The lowest BCUT2D eigenvalue weighted by Gasteiger charge is -2.05. The summed E-state index contributed by atoms with van der Waals surface area (Å²) in [5.41, 5.74) is 6.91. The number of alkyl halides is 2. The first kappa shape index (κ1) is 10.9. The third kappa shape index (κ3) is 2.32. The van der Waals surface area contributed by atoms with Gasteiger partial charge in [0.1, 0.15) is 10.7 Å². The second kappa shape index (κ2) is 3.78. The number of halogens is 2. The Bertz CT molecular complexity index is 487. The molecule has 16 heavy (non-hydrogen) atoms. The van der Waals surface area contributed by atoms with Gasteiger partial charge in [-0.1, -0.05) is 0 Å². The molecule has 0 aliphatic heterocycles. The Kier molecular flexibility index (Phi) is 2.58. The van der Waals surface area contributed by atoms with Crippen molar-refractivity contribution in [1.82, 2.24) is 20.0 Å². The summed E-state index contributed by atoms with van der Waals surface area (Å²) >= 11 is 1.13. The fourth-order valence-electron chi connectivity index (χ4n) is 1.08. The van der Waals surface area contributed by atoms with Crippen molar-refractivity contribution in [2.24, 2.45) is 0 Å². The molecule has 0 amide bonds. The summed E-state index contributed by atoms with van der Waals surface area (Å²) in [5.74, 6) is -2.88. The first-order chi connectivity index (χ1) is 7.45. The zero-order chi connectivity index (χ0) is 11.8. The smallest absolute Gasteiger partial charge is 0.287 e. The van der Waals surface area contributed by atoms with Crippen molar-refractivity contribution >= 4 is 17.2 Å². The van der Waals surface area contributed by atoms with E-state index in [9.17, 15) is 8.78 Å². The van der Waals surface area contributed by atoms with Crippen molar-refractivity contribution in [3.05, 3.63) is 28.0 Å². The van der Waals surface area contributed by atoms with Gasteiger partial charge in [-0.15, -0.1) is 11.3 Å². The predicted molar refractivity (Wildman–Crippen MR) is 54.8 cm³/mol. The van der Waals surface area contributed by atoms with Crippen LogP contribution in [-0.4, -0.2) is 20.0 Å². The quantitative estimate of drug-likeness (QED) is 0.833. The fourth-order valence-corrected chi connectivity index (χ4v) is 1.93. The van der Waals surface area contributed by atoms with Crippen LogP contribution in [0.3, 0.4) is 0 Å². The van der Waals surface area contributed by atoms with Gasteiger partial charge < -0.3 is 10.8 Å². The standard InChI is InChI=1S/C8H8F2N5S/c1-8(9,10)5-4-16-7(13-5)3-15-12-2-6(11)14-15/h2,4H,3H2,1H3,(H-,11,14)/q-1. The number of hydrogen-bond acceptors (Lipinski definition) is 4. The molecule has 5 nitrogen and oxygen atoms in total. The Morgan fingerprint density at radius 1 is 1.56 bits per heavy atom. The van der Waals surface area contributed by atoms with Crippen LogP contribution < -0.4 is 0 Å². The summed E-state index contributed by atoms with van der Waals surface area (Å²) in [5, 5.41) is 9.32. The molecule has 2 rings (SSSR count). The molecule has 86 valence electrons. The van der Waals surface area contributed by atoms with Crippen LogP contribution in [0.2, 0.25) is 0 Å². The monoisotopic (exact) mass is 244 g/mol. The number of rotatable bonds is 3. The van der Waals surface area contributed by atoms with Gasteiger partial charge in [0.2, 0.25) is 0 Å². The van der Waals surface area contributed by atoms with E-state index >= 15 is 0 Å². The molecule has 1 N–H and O–H groups in total. The van der Waals surface area contributed by atoms with Gasteiger partial charge in [-0.25, -0.2) is 4.98 Å². The highest BCUT2D eigenvalue weighted by molar-refractivity contribution is 7.09. The third-order valence-corrected chi connectivity index (χ3v) is 2.65. The molecule has 0 aliphatic rings. The molecule has 0 aromatic carbocycles. The molecule has 2 aromatic heterocycles. The molecular formula is C8H8F2N5S-. The highest BCUT2D eigenvalue weighted by Crippen LogP contribution is 2.28. The zero-order valence-corrected chi connectivity index (χ0v) is 9.13. The van der Waals surface area contributed by atoms with Gasteiger partial charge in [-0.3, -0.25) is 4.80 Å². The second-order valence-electron chi connectivity index (χ2n) is 3.28. The van der Waals surface area contributed by atoms with Crippen LogP contribution >= 0.6 is 11.3 Å². The van der Waals surface area contributed by atoms with Gasteiger partial charge in [-0.2, -0.15) is 13.9 Å². The lowest BCUT2D eigenvalue weighted by molar-refractivity contribution is 0.0132.